The van der Waals surface area contributed by atoms with Crippen LogP contribution in [0.4, 0.5) is 4.79 Å². The number of carbonyl (C=O) groups is 3. The molecule has 0 bridgehead atoms. The molecule has 0 radical (unpaired) electrons. The molecule has 1 rings (SSSR count). The van der Waals surface area contributed by atoms with Crippen LogP contribution in [0.2, 0.25) is 0 Å². The number of carboxylic acid groups (broad SMARTS) is 1. The highest BCUT2D eigenvalue weighted by Gasteiger charge is 2.33. The van der Waals surface area contributed by atoms with Crippen molar-refractivity contribution < 1.29 is 24.2 Å². The monoisotopic (exact) mass is 368 g/mol. The van der Waals surface area contributed by atoms with E-state index in [1.54, 1.807) is 0 Å². The molecule has 1 unspecified atom stereocenters. The van der Waals surface area contributed by atoms with Gasteiger partial charge in [-0.1, -0.05) is 30.3 Å². The van der Waals surface area contributed by atoms with E-state index in [0.29, 0.717) is 12.2 Å². The molecule has 138 valence electrons. The number of benzene rings is 1. The summed E-state index contributed by atoms with van der Waals surface area (Å²) in [6.07, 6.45) is 1.41. The van der Waals surface area contributed by atoms with Gasteiger partial charge in [-0.2, -0.15) is 11.8 Å². The third-order valence-corrected chi connectivity index (χ3v) is 4.05. The van der Waals surface area contributed by atoms with Crippen LogP contribution in [0.3, 0.4) is 0 Å². The molecule has 8 heteroatoms. The summed E-state index contributed by atoms with van der Waals surface area (Å²) >= 11 is 1.49. The number of carboxylic acids is 1. The van der Waals surface area contributed by atoms with Gasteiger partial charge in [0, 0.05) is 0 Å². The number of ether oxygens (including phenoxy) is 1. The second-order valence-electron chi connectivity index (χ2n) is 5.96. The van der Waals surface area contributed by atoms with Crippen molar-refractivity contribution in [1.82, 2.24) is 10.6 Å². The standard InChI is InChI=1S/C17H24N2O5S/c1-17(2,15(22)18-13(14(20)21)9-10-25-3)19-16(23)24-11-12-7-5-4-6-8-12/h4-8,13H,9-11H2,1-3H3,(H,18,22)(H,19,23)(H,20,21). The summed E-state index contributed by atoms with van der Waals surface area (Å²) < 4.78 is 5.08. The topological polar surface area (TPSA) is 105 Å². The van der Waals surface area contributed by atoms with Crippen LogP contribution >= 0.6 is 11.8 Å². The molecule has 1 aromatic carbocycles. The molecule has 1 atom stereocenters. The smallest absolute Gasteiger partial charge is 0.408 e. The highest BCUT2D eigenvalue weighted by atomic mass is 32.2. The Hall–Kier alpha value is -2.22. The Morgan fingerprint density at radius 2 is 1.88 bits per heavy atom. The minimum Gasteiger partial charge on any atom is -0.480 e. The lowest BCUT2D eigenvalue weighted by Gasteiger charge is -2.26. The van der Waals surface area contributed by atoms with Gasteiger partial charge in [-0.05, 0) is 37.8 Å². The summed E-state index contributed by atoms with van der Waals surface area (Å²) in [6, 6.07) is 8.14. The van der Waals surface area contributed by atoms with Crippen molar-refractivity contribution >= 4 is 29.7 Å². The number of aliphatic carboxylic acids is 1. The summed E-state index contributed by atoms with van der Waals surface area (Å²) in [4.78, 5) is 35.4. The maximum absolute atomic E-state index is 12.3. The summed E-state index contributed by atoms with van der Waals surface area (Å²) in [5.41, 5.74) is -0.483. The van der Waals surface area contributed by atoms with E-state index in [0.717, 1.165) is 5.56 Å². The van der Waals surface area contributed by atoms with E-state index in [-0.39, 0.29) is 6.61 Å². The van der Waals surface area contributed by atoms with Crippen molar-refractivity contribution in [3.8, 4) is 0 Å². The van der Waals surface area contributed by atoms with Crippen LogP contribution in [0, 0.1) is 0 Å². The van der Waals surface area contributed by atoms with Crippen molar-refractivity contribution in [2.45, 2.75) is 38.5 Å². The SMILES string of the molecule is CSCCC(NC(=O)C(C)(C)NC(=O)OCc1ccccc1)C(=O)O. The van der Waals surface area contributed by atoms with Gasteiger partial charge in [0.1, 0.15) is 18.2 Å². The van der Waals surface area contributed by atoms with E-state index >= 15 is 0 Å². The Balaban J connectivity index is 2.55. The largest absolute Gasteiger partial charge is 0.480 e. The zero-order valence-corrected chi connectivity index (χ0v) is 15.4. The minimum atomic E-state index is -1.30. The number of nitrogens with one attached hydrogen (secondary N) is 2. The molecule has 0 aromatic heterocycles. The molecule has 0 aliphatic heterocycles. The zero-order valence-electron chi connectivity index (χ0n) is 14.6. The number of alkyl carbamates (subject to hydrolysis) is 1. The van der Waals surface area contributed by atoms with Crippen molar-refractivity contribution in [1.29, 1.82) is 0 Å². The summed E-state index contributed by atoms with van der Waals surface area (Å²) in [5.74, 6) is -1.09. The maximum atomic E-state index is 12.3. The lowest BCUT2D eigenvalue weighted by molar-refractivity contribution is -0.142. The highest BCUT2D eigenvalue weighted by molar-refractivity contribution is 7.98. The first-order valence-corrected chi connectivity index (χ1v) is 9.17. The minimum absolute atomic E-state index is 0.0792. The lowest BCUT2D eigenvalue weighted by atomic mass is 10.0. The molecule has 0 fully saturated rings. The molecule has 25 heavy (non-hydrogen) atoms. The first-order chi connectivity index (χ1) is 11.8. The molecule has 0 saturated carbocycles. The van der Waals surface area contributed by atoms with Gasteiger partial charge in [-0.25, -0.2) is 9.59 Å². The van der Waals surface area contributed by atoms with Crippen molar-refractivity contribution in [2.75, 3.05) is 12.0 Å². The fourth-order valence-corrected chi connectivity index (χ4v) is 2.37. The average molecular weight is 368 g/mol. The Morgan fingerprint density at radius 3 is 2.44 bits per heavy atom. The molecule has 0 spiro atoms. The second-order valence-corrected chi connectivity index (χ2v) is 6.94. The fraction of sp³-hybridized carbons (Fsp3) is 0.471. The van der Waals surface area contributed by atoms with E-state index in [2.05, 4.69) is 10.6 Å². The van der Waals surface area contributed by atoms with Crippen LogP contribution in [0.1, 0.15) is 25.8 Å². The van der Waals surface area contributed by atoms with Crippen LogP contribution in [-0.2, 0) is 20.9 Å². The van der Waals surface area contributed by atoms with Gasteiger partial charge in [0.25, 0.3) is 0 Å². The predicted molar refractivity (Wildman–Crippen MR) is 96.4 cm³/mol. The molecule has 0 heterocycles. The first kappa shape index (κ1) is 20.8. The summed E-state index contributed by atoms with van der Waals surface area (Å²) in [6.45, 7) is 3.05. The highest BCUT2D eigenvalue weighted by Crippen LogP contribution is 2.08. The van der Waals surface area contributed by atoms with Gasteiger partial charge < -0.3 is 20.5 Å². The maximum Gasteiger partial charge on any atom is 0.408 e. The second kappa shape index (κ2) is 9.93. The molecule has 0 aliphatic carbocycles. The van der Waals surface area contributed by atoms with Crippen LogP contribution in [0.25, 0.3) is 0 Å². The van der Waals surface area contributed by atoms with Crippen molar-refractivity contribution in [3.05, 3.63) is 35.9 Å². The lowest BCUT2D eigenvalue weighted by Crippen LogP contribution is -2.58. The third-order valence-electron chi connectivity index (χ3n) is 3.41. The van der Waals surface area contributed by atoms with Gasteiger partial charge in [0.05, 0.1) is 0 Å². The normalized spacial score (nSPS) is 12.1. The Bertz CT molecular complexity index is 592. The number of carbonyl (C=O) groups excluding carboxylic acids is 2. The van der Waals surface area contributed by atoms with Crippen molar-refractivity contribution in [3.63, 3.8) is 0 Å². The number of hydrogen-bond donors (Lipinski definition) is 3. The molecule has 1 aromatic rings. The zero-order chi connectivity index (χ0) is 18.9. The number of thioether (sulfide) groups is 1. The van der Waals surface area contributed by atoms with Crippen LogP contribution in [-0.4, -0.2) is 46.7 Å². The molecular formula is C17H24N2O5S. The fourth-order valence-electron chi connectivity index (χ4n) is 1.90. The molecular weight excluding hydrogens is 344 g/mol. The van der Waals surface area contributed by atoms with E-state index in [4.69, 9.17) is 4.74 Å². The van der Waals surface area contributed by atoms with E-state index in [1.807, 2.05) is 36.6 Å². The molecule has 0 saturated heterocycles. The molecule has 7 nitrogen and oxygen atoms in total. The van der Waals surface area contributed by atoms with Gasteiger partial charge in [0.15, 0.2) is 0 Å². The van der Waals surface area contributed by atoms with Gasteiger partial charge in [-0.15, -0.1) is 0 Å². The molecule has 0 aliphatic rings. The Labute approximate surface area is 151 Å². The third kappa shape index (κ3) is 7.47. The van der Waals surface area contributed by atoms with Gasteiger partial charge in [-0.3, -0.25) is 4.79 Å². The van der Waals surface area contributed by atoms with Crippen LogP contribution < -0.4 is 10.6 Å². The summed E-state index contributed by atoms with van der Waals surface area (Å²) in [7, 11) is 0. The quantitative estimate of drug-likeness (QED) is 0.616. The Morgan fingerprint density at radius 1 is 1.24 bits per heavy atom. The van der Waals surface area contributed by atoms with Gasteiger partial charge >= 0.3 is 12.1 Å². The van der Waals surface area contributed by atoms with Crippen LogP contribution in [0.5, 0.6) is 0 Å². The number of hydrogen-bond acceptors (Lipinski definition) is 5. The van der Waals surface area contributed by atoms with E-state index in [1.165, 1.54) is 25.6 Å². The van der Waals surface area contributed by atoms with Crippen LogP contribution in [0.15, 0.2) is 30.3 Å². The van der Waals surface area contributed by atoms with E-state index < -0.39 is 29.6 Å². The number of amides is 2. The van der Waals surface area contributed by atoms with Crippen molar-refractivity contribution in [2.24, 2.45) is 0 Å². The molecule has 3 N–H and O–H groups in total. The van der Waals surface area contributed by atoms with Gasteiger partial charge in [0.2, 0.25) is 5.91 Å². The van der Waals surface area contributed by atoms with E-state index in [9.17, 15) is 19.5 Å². The first-order valence-electron chi connectivity index (χ1n) is 7.78. The predicted octanol–water partition coefficient (Wildman–Crippen LogP) is 2.01. The molecule has 2 amide bonds. The summed E-state index contributed by atoms with van der Waals surface area (Å²) in [5, 5.41) is 14.1. The number of rotatable bonds is 9. The average Bonchev–Trinajstić information content (AvgIpc) is 2.56. The Kier molecular flexibility index (Phi) is 8.27.